The van der Waals surface area contributed by atoms with Crippen molar-refractivity contribution in [1.29, 1.82) is 0 Å². The van der Waals surface area contributed by atoms with Gasteiger partial charge in [0.15, 0.2) is 6.29 Å². The Morgan fingerprint density at radius 3 is 1.40 bits per heavy atom. The molecule has 0 radical (unpaired) electrons. The van der Waals surface area contributed by atoms with E-state index in [0.717, 1.165) is 0 Å². The first-order valence-electron chi connectivity index (χ1n) is 13.8. The number of aliphatic hydroxyl groups is 4. The number of rotatable bonds is 13. The summed E-state index contributed by atoms with van der Waals surface area (Å²) < 4.78 is 5.08. The number of aliphatic hydroxyl groups excluding tert-OH is 4. The van der Waals surface area contributed by atoms with Crippen molar-refractivity contribution in [3.63, 3.8) is 0 Å². The highest BCUT2D eigenvalue weighted by Crippen LogP contribution is 2.19. The van der Waals surface area contributed by atoms with Crippen LogP contribution in [0.4, 0.5) is 0 Å². The summed E-state index contributed by atoms with van der Waals surface area (Å²) in [6.45, 7) is 1.97. The molecule has 1 amide bonds. The third kappa shape index (κ3) is 13.2. The number of carboxylic acid groups (broad SMARTS) is 3. The van der Waals surface area contributed by atoms with Crippen LogP contribution in [0.25, 0.3) is 0 Å². The largest absolute Gasteiger partial charge is 0.480 e. The lowest BCUT2D eigenvalue weighted by Gasteiger charge is -2.38. The lowest BCUT2D eigenvalue weighted by atomic mass is 9.99. The van der Waals surface area contributed by atoms with E-state index in [9.17, 15) is 54.9 Å². The van der Waals surface area contributed by atoms with Crippen LogP contribution in [0.3, 0.4) is 0 Å². The van der Waals surface area contributed by atoms with Gasteiger partial charge < -0.3 is 51.1 Å². The standard InChI is InChI=1S/C24H44N6O12/c31-17(26-2-1-25-11-16-21(38)22(39)23(40)24(41)42-16)12-27-3-5-28(13-18(32)33)7-9-30(15-20(36)37)10-8-29(6-4-27)14-19(34)35/h16,21-25,38-41H,1-15H2,(H,26,31)(H,32,33)(H,34,35)(H,36,37)/t16?,21-,22-,23?,24?/m0/s1. The first-order chi connectivity index (χ1) is 19.8. The van der Waals surface area contributed by atoms with E-state index >= 15 is 0 Å². The smallest absolute Gasteiger partial charge is 0.317 e. The highest BCUT2D eigenvalue weighted by Gasteiger charge is 2.42. The van der Waals surface area contributed by atoms with Gasteiger partial charge >= 0.3 is 17.9 Å². The van der Waals surface area contributed by atoms with E-state index in [1.54, 1.807) is 19.6 Å². The molecule has 0 aromatic heterocycles. The third-order valence-corrected chi connectivity index (χ3v) is 7.03. The van der Waals surface area contributed by atoms with Gasteiger partial charge in [-0.2, -0.15) is 0 Å². The van der Waals surface area contributed by atoms with Crippen LogP contribution < -0.4 is 10.6 Å². The van der Waals surface area contributed by atoms with Crippen LogP contribution in [0.2, 0.25) is 0 Å². The van der Waals surface area contributed by atoms with E-state index in [1.807, 2.05) is 0 Å². The Labute approximate surface area is 243 Å². The van der Waals surface area contributed by atoms with Crippen LogP contribution in [-0.2, 0) is 23.9 Å². The molecule has 2 rings (SSSR count). The summed E-state index contributed by atoms with van der Waals surface area (Å²) >= 11 is 0. The molecule has 18 heteroatoms. The van der Waals surface area contributed by atoms with Gasteiger partial charge in [-0.15, -0.1) is 0 Å². The summed E-state index contributed by atoms with van der Waals surface area (Å²) in [5.74, 6) is -3.44. The van der Waals surface area contributed by atoms with Gasteiger partial charge in [0.05, 0.1) is 26.2 Å². The van der Waals surface area contributed by atoms with E-state index in [4.69, 9.17) is 4.74 Å². The fraction of sp³-hybridized carbons (Fsp3) is 0.833. The zero-order valence-electron chi connectivity index (χ0n) is 23.5. The van der Waals surface area contributed by atoms with E-state index in [2.05, 4.69) is 10.6 Å². The molecule has 0 aromatic rings. The lowest BCUT2D eigenvalue weighted by Crippen LogP contribution is -2.59. The molecule has 0 aliphatic carbocycles. The first kappa shape index (κ1) is 35.7. The van der Waals surface area contributed by atoms with Gasteiger partial charge in [-0.25, -0.2) is 0 Å². The summed E-state index contributed by atoms with van der Waals surface area (Å²) in [5.41, 5.74) is 0. The molecule has 2 aliphatic rings. The van der Waals surface area contributed by atoms with Gasteiger partial charge in [0.25, 0.3) is 0 Å². The molecular formula is C24H44N6O12. The van der Waals surface area contributed by atoms with Crippen molar-refractivity contribution >= 4 is 23.8 Å². The molecule has 9 N–H and O–H groups in total. The van der Waals surface area contributed by atoms with Crippen molar-refractivity contribution in [3.05, 3.63) is 0 Å². The Hall–Kier alpha value is -2.52. The molecule has 42 heavy (non-hydrogen) atoms. The Kier molecular flexibility index (Phi) is 15.5. The zero-order chi connectivity index (χ0) is 31.2. The molecule has 0 saturated carbocycles. The number of amides is 1. The van der Waals surface area contributed by atoms with Crippen molar-refractivity contribution in [2.45, 2.75) is 30.7 Å². The predicted octanol–water partition coefficient (Wildman–Crippen LogP) is -6.03. The number of nitrogens with zero attached hydrogens (tertiary/aromatic N) is 4. The minimum Gasteiger partial charge on any atom is -0.480 e. The van der Waals surface area contributed by atoms with Crippen LogP contribution in [-0.4, -0.2) is 208 Å². The molecule has 242 valence electrons. The van der Waals surface area contributed by atoms with Crippen LogP contribution in [0, 0.1) is 0 Å². The quantitative estimate of drug-likeness (QED) is 0.0882. The third-order valence-electron chi connectivity index (χ3n) is 7.03. The highest BCUT2D eigenvalue weighted by atomic mass is 16.6. The zero-order valence-corrected chi connectivity index (χ0v) is 23.5. The molecule has 2 heterocycles. The SMILES string of the molecule is O=C(O)CN1CCN(CC(=O)O)CCN(CC(=O)NCCNCC2OC(O)C(O)[C@@H](O)[C@H]2O)CCN(CC(=O)O)CC1. The maximum absolute atomic E-state index is 12.7. The molecule has 3 unspecified atom stereocenters. The lowest BCUT2D eigenvalue weighted by molar-refractivity contribution is -0.280. The van der Waals surface area contributed by atoms with Gasteiger partial charge in [-0.1, -0.05) is 0 Å². The van der Waals surface area contributed by atoms with Gasteiger partial charge in [-0.05, 0) is 0 Å². The van der Waals surface area contributed by atoms with Gasteiger partial charge in [0.2, 0.25) is 5.91 Å². The second kappa shape index (κ2) is 18.2. The summed E-state index contributed by atoms with van der Waals surface area (Å²) in [4.78, 5) is 53.5. The molecule has 5 atom stereocenters. The summed E-state index contributed by atoms with van der Waals surface area (Å²) in [6.07, 6.45) is -7.23. The molecule has 2 saturated heterocycles. The van der Waals surface area contributed by atoms with Crippen molar-refractivity contribution < 1.29 is 59.7 Å². The molecule has 18 nitrogen and oxygen atoms in total. The molecule has 2 fully saturated rings. The number of aliphatic carboxylic acids is 3. The topological polar surface area (TPSA) is 256 Å². The fourth-order valence-electron chi connectivity index (χ4n) is 4.68. The maximum Gasteiger partial charge on any atom is 0.317 e. The Morgan fingerprint density at radius 1 is 0.595 bits per heavy atom. The average molecular weight is 609 g/mol. The normalized spacial score (nSPS) is 28.0. The number of carboxylic acids is 3. The van der Waals surface area contributed by atoms with Crippen LogP contribution >= 0.6 is 0 Å². The second-order valence-electron chi connectivity index (χ2n) is 10.4. The molecule has 0 spiro atoms. The number of carbonyl (C=O) groups is 4. The van der Waals surface area contributed by atoms with E-state index in [1.165, 1.54) is 0 Å². The molecular weight excluding hydrogens is 564 g/mol. The minimum atomic E-state index is -1.64. The van der Waals surface area contributed by atoms with E-state index in [0.29, 0.717) is 13.1 Å². The van der Waals surface area contributed by atoms with E-state index in [-0.39, 0.29) is 91.0 Å². The summed E-state index contributed by atoms with van der Waals surface area (Å²) in [5, 5.41) is 72.4. The van der Waals surface area contributed by atoms with Crippen molar-refractivity contribution in [2.24, 2.45) is 0 Å². The van der Waals surface area contributed by atoms with Gasteiger partial charge in [-0.3, -0.25) is 38.8 Å². The number of hydrogen-bond donors (Lipinski definition) is 9. The Bertz CT molecular complexity index is 853. The Morgan fingerprint density at radius 2 is 1.00 bits per heavy atom. The predicted molar refractivity (Wildman–Crippen MR) is 143 cm³/mol. The molecule has 0 aromatic carbocycles. The number of carbonyl (C=O) groups excluding carboxylic acids is 1. The van der Waals surface area contributed by atoms with Crippen LogP contribution in [0.5, 0.6) is 0 Å². The number of nitrogens with one attached hydrogen (secondary N) is 2. The molecule has 0 bridgehead atoms. The van der Waals surface area contributed by atoms with Crippen LogP contribution in [0.15, 0.2) is 0 Å². The highest BCUT2D eigenvalue weighted by molar-refractivity contribution is 5.78. The van der Waals surface area contributed by atoms with Crippen LogP contribution in [0.1, 0.15) is 0 Å². The monoisotopic (exact) mass is 608 g/mol. The fourth-order valence-corrected chi connectivity index (χ4v) is 4.68. The minimum absolute atomic E-state index is 0.0340. The number of ether oxygens (including phenoxy) is 1. The van der Waals surface area contributed by atoms with Gasteiger partial charge in [0, 0.05) is 72.0 Å². The second-order valence-corrected chi connectivity index (χ2v) is 10.4. The van der Waals surface area contributed by atoms with Gasteiger partial charge in [0.1, 0.15) is 24.4 Å². The van der Waals surface area contributed by atoms with Crippen molar-refractivity contribution in [3.8, 4) is 0 Å². The molecule has 2 aliphatic heterocycles. The average Bonchev–Trinajstić information content (AvgIpc) is 2.90. The summed E-state index contributed by atoms with van der Waals surface area (Å²) in [6, 6.07) is 0. The first-order valence-corrected chi connectivity index (χ1v) is 13.8. The Balaban J connectivity index is 1.90. The maximum atomic E-state index is 12.7. The summed E-state index contributed by atoms with van der Waals surface area (Å²) in [7, 11) is 0. The van der Waals surface area contributed by atoms with Crippen molar-refractivity contribution in [2.75, 3.05) is 98.2 Å². The number of hydrogen-bond acceptors (Lipinski definition) is 14. The van der Waals surface area contributed by atoms with E-state index < -0.39 is 48.6 Å². The van der Waals surface area contributed by atoms with Crippen molar-refractivity contribution in [1.82, 2.24) is 30.2 Å².